The number of rotatable bonds is 4. The van der Waals surface area contributed by atoms with Gasteiger partial charge in [-0.25, -0.2) is 0 Å². The smallest absolute Gasteiger partial charge is 0.0764 e. The average molecular weight is 264 g/mol. The standard InChI is InChI=1S/C15H28N4/c1-6-14(3)12-19(15(4,7-2)11-16-14)10-13-8-9-18(5)17-13/h8-9,16H,6-7,10-12H2,1-5H3. The zero-order valence-corrected chi connectivity index (χ0v) is 13.0. The SMILES string of the molecule is CCC1(C)CN(Cc2ccn(C)n2)C(C)(CC)CN1. The van der Waals surface area contributed by atoms with E-state index in [-0.39, 0.29) is 11.1 Å². The van der Waals surface area contributed by atoms with Crippen molar-refractivity contribution in [1.82, 2.24) is 20.0 Å². The molecule has 108 valence electrons. The lowest BCUT2D eigenvalue weighted by atomic mass is 9.85. The van der Waals surface area contributed by atoms with Gasteiger partial charge in [-0.15, -0.1) is 0 Å². The van der Waals surface area contributed by atoms with Crippen LogP contribution in [0.4, 0.5) is 0 Å². The highest BCUT2D eigenvalue weighted by Gasteiger charge is 2.40. The van der Waals surface area contributed by atoms with E-state index in [9.17, 15) is 0 Å². The molecule has 0 aromatic carbocycles. The summed E-state index contributed by atoms with van der Waals surface area (Å²) in [5.74, 6) is 0. The second kappa shape index (κ2) is 5.25. The van der Waals surface area contributed by atoms with E-state index < -0.39 is 0 Å². The molecular formula is C15H28N4. The lowest BCUT2D eigenvalue weighted by Crippen LogP contribution is -2.67. The van der Waals surface area contributed by atoms with Gasteiger partial charge in [-0.2, -0.15) is 5.10 Å². The molecule has 0 aliphatic carbocycles. The van der Waals surface area contributed by atoms with Crippen molar-refractivity contribution in [3.8, 4) is 0 Å². The molecule has 1 fully saturated rings. The fraction of sp³-hybridized carbons (Fsp3) is 0.800. The van der Waals surface area contributed by atoms with Crippen LogP contribution >= 0.6 is 0 Å². The van der Waals surface area contributed by atoms with Crippen LogP contribution in [0.15, 0.2) is 12.3 Å². The van der Waals surface area contributed by atoms with Crippen molar-refractivity contribution < 1.29 is 0 Å². The minimum absolute atomic E-state index is 0.226. The van der Waals surface area contributed by atoms with E-state index in [1.165, 1.54) is 5.69 Å². The molecule has 4 nitrogen and oxygen atoms in total. The number of nitrogens with one attached hydrogen (secondary N) is 1. The highest BCUT2D eigenvalue weighted by Crippen LogP contribution is 2.29. The van der Waals surface area contributed by atoms with E-state index in [0.29, 0.717) is 0 Å². The molecule has 1 aromatic rings. The van der Waals surface area contributed by atoms with Crippen molar-refractivity contribution in [2.45, 2.75) is 58.2 Å². The van der Waals surface area contributed by atoms with Gasteiger partial charge in [0.05, 0.1) is 5.69 Å². The van der Waals surface area contributed by atoms with Crippen molar-refractivity contribution in [2.24, 2.45) is 7.05 Å². The summed E-state index contributed by atoms with van der Waals surface area (Å²) in [6.07, 6.45) is 4.35. The highest BCUT2D eigenvalue weighted by molar-refractivity contribution is 5.05. The number of hydrogen-bond acceptors (Lipinski definition) is 3. The first-order valence-electron chi connectivity index (χ1n) is 7.39. The molecule has 1 saturated heterocycles. The Hall–Kier alpha value is -0.870. The Labute approximate surface area is 117 Å². The molecule has 1 aliphatic rings. The third kappa shape index (κ3) is 3.00. The normalized spacial score (nSPS) is 32.7. The molecule has 0 spiro atoms. The molecule has 0 bridgehead atoms. The summed E-state index contributed by atoms with van der Waals surface area (Å²) in [4.78, 5) is 2.61. The molecule has 1 aromatic heterocycles. The molecule has 2 heterocycles. The van der Waals surface area contributed by atoms with Crippen molar-refractivity contribution >= 4 is 0 Å². The van der Waals surface area contributed by atoms with Gasteiger partial charge in [0, 0.05) is 44.0 Å². The summed E-state index contributed by atoms with van der Waals surface area (Å²) in [7, 11) is 1.98. The third-order valence-electron chi connectivity index (χ3n) is 4.86. The van der Waals surface area contributed by atoms with Crippen molar-refractivity contribution in [1.29, 1.82) is 0 Å². The maximum Gasteiger partial charge on any atom is 0.0764 e. The Morgan fingerprint density at radius 3 is 2.58 bits per heavy atom. The predicted molar refractivity (Wildman–Crippen MR) is 79.0 cm³/mol. The van der Waals surface area contributed by atoms with Crippen LogP contribution in [0, 0.1) is 0 Å². The van der Waals surface area contributed by atoms with Gasteiger partial charge in [0.1, 0.15) is 0 Å². The zero-order chi connectivity index (χ0) is 14.1. The highest BCUT2D eigenvalue weighted by atomic mass is 15.3. The van der Waals surface area contributed by atoms with E-state index in [2.05, 4.69) is 49.1 Å². The molecule has 0 amide bonds. The topological polar surface area (TPSA) is 33.1 Å². The Bertz CT molecular complexity index is 428. The first kappa shape index (κ1) is 14.5. The number of aromatic nitrogens is 2. The third-order valence-corrected chi connectivity index (χ3v) is 4.86. The lowest BCUT2D eigenvalue weighted by molar-refractivity contribution is 0.00945. The number of nitrogens with zero attached hydrogens (tertiary/aromatic N) is 3. The largest absolute Gasteiger partial charge is 0.308 e. The Kier molecular flexibility index (Phi) is 4.02. The van der Waals surface area contributed by atoms with Crippen LogP contribution in [-0.2, 0) is 13.6 Å². The second-order valence-electron chi connectivity index (χ2n) is 6.46. The number of aryl methyl sites for hydroxylation is 1. The zero-order valence-electron chi connectivity index (χ0n) is 13.0. The molecule has 1 N–H and O–H groups in total. The summed E-state index contributed by atoms with van der Waals surface area (Å²) in [6, 6.07) is 2.13. The Balaban J connectivity index is 2.16. The summed E-state index contributed by atoms with van der Waals surface area (Å²) in [5, 5.41) is 8.27. The van der Waals surface area contributed by atoms with Crippen molar-refractivity contribution in [3.63, 3.8) is 0 Å². The van der Waals surface area contributed by atoms with Gasteiger partial charge in [-0.3, -0.25) is 9.58 Å². The summed E-state index contributed by atoms with van der Waals surface area (Å²) in [5.41, 5.74) is 1.62. The fourth-order valence-electron chi connectivity index (χ4n) is 2.76. The lowest BCUT2D eigenvalue weighted by Gasteiger charge is -2.52. The van der Waals surface area contributed by atoms with Gasteiger partial charge in [0.15, 0.2) is 0 Å². The van der Waals surface area contributed by atoms with Crippen LogP contribution in [0.2, 0.25) is 0 Å². The minimum atomic E-state index is 0.226. The van der Waals surface area contributed by atoms with E-state index in [4.69, 9.17) is 0 Å². The Morgan fingerprint density at radius 1 is 1.32 bits per heavy atom. The van der Waals surface area contributed by atoms with Crippen LogP contribution in [-0.4, -0.2) is 38.8 Å². The number of hydrogen-bond donors (Lipinski definition) is 1. The molecule has 19 heavy (non-hydrogen) atoms. The van der Waals surface area contributed by atoms with Gasteiger partial charge in [-0.1, -0.05) is 13.8 Å². The van der Waals surface area contributed by atoms with Gasteiger partial charge in [0.25, 0.3) is 0 Å². The van der Waals surface area contributed by atoms with E-state index in [1.54, 1.807) is 0 Å². The predicted octanol–water partition coefficient (Wildman–Crippen LogP) is 2.16. The van der Waals surface area contributed by atoms with E-state index in [1.807, 2.05) is 17.9 Å². The molecule has 2 unspecified atom stereocenters. The van der Waals surface area contributed by atoms with Gasteiger partial charge in [-0.05, 0) is 32.8 Å². The van der Waals surface area contributed by atoms with Gasteiger partial charge < -0.3 is 5.32 Å². The van der Waals surface area contributed by atoms with Crippen LogP contribution < -0.4 is 5.32 Å². The van der Waals surface area contributed by atoms with Crippen LogP contribution in [0.5, 0.6) is 0 Å². The van der Waals surface area contributed by atoms with E-state index in [0.717, 1.165) is 32.5 Å². The summed E-state index contributed by atoms with van der Waals surface area (Å²) in [6.45, 7) is 12.3. The second-order valence-corrected chi connectivity index (χ2v) is 6.46. The molecule has 0 saturated carbocycles. The maximum atomic E-state index is 4.53. The molecule has 2 rings (SSSR count). The monoisotopic (exact) mass is 264 g/mol. The average Bonchev–Trinajstić information content (AvgIpc) is 2.80. The van der Waals surface area contributed by atoms with Crippen LogP contribution in [0.1, 0.15) is 46.2 Å². The fourth-order valence-corrected chi connectivity index (χ4v) is 2.76. The minimum Gasteiger partial charge on any atom is -0.308 e. The molecule has 1 aliphatic heterocycles. The van der Waals surface area contributed by atoms with Crippen LogP contribution in [0.25, 0.3) is 0 Å². The maximum absolute atomic E-state index is 4.53. The van der Waals surface area contributed by atoms with Crippen molar-refractivity contribution in [3.05, 3.63) is 18.0 Å². The number of piperazine rings is 1. The van der Waals surface area contributed by atoms with E-state index >= 15 is 0 Å². The van der Waals surface area contributed by atoms with Gasteiger partial charge >= 0.3 is 0 Å². The summed E-state index contributed by atoms with van der Waals surface area (Å²) >= 11 is 0. The van der Waals surface area contributed by atoms with Crippen LogP contribution in [0.3, 0.4) is 0 Å². The Morgan fingerprint density at radius 2 is 2.05 bits per heavy atom. The van der Waals surface area contributed by atoms with Gasteiger partial charge in [0.2, 0.25) is 0 Å². The molecule has 2 atom stereocenters. The quantitative estimate of drug-likeness (QED) is 0.904. The first-order chi connectivity index (χ1) is 8.91. The molecular weight excluding hydrogens is 236 g/mol. The summed E-state index contributed by atoms with van der Waals surface area (Å²) < 4.78 is 1.89. The first-order valence-corrected chi connectivity index (χ1v) is 7.39. The van der Waals surface area contributed by atoms with Crippen molar-refractivity contribution in [2.75, 3.05) is 13.1 Å². The molecule has 4 heteroatoms. The molecule has 0 radical (unpaired) electrons.